The number of nitrogens with zero attached hydrogens (tertiary/aromatic N) is 1. The molecule has 8 heteroatoms. The first kappa shape index (κ1) is 19.8. The molecule has 2 aromatic carbocycles. The minimum Gasteiger partial charge on any atom is -0.377 e. The second-order valence-electron chi connectivity index (χ2n) is 5.56. The van der Waals surface area contributed by atoms with E-state index < -0.39 is 26.7 Å². The number of benzene rings is 2. The van der Waals surface area contributed by atoms with E-state index in [1.165, 1.54) is 0 Å². The van der Waals surface area contributed by atoms with Crippen molar-refractivity contribution in [2.24, 2.45) is 0 Å². The largest absolute Gasteiger partial charge is 0.416 e. The molecule has 2 rings (SSSR count). The second kappa shape index (κ2) is 7.81. The molecule has 26 heavy (non-hydrogen) atoms. The Bertz CT molecular complexity index is 943. The van der Waals surface area contributed by atoms with Gasteiger partial charge in [-0.1, -0.05) is 30.0 Å². The van der Waals surface area contributed by atoms with Crippen molar-refractivity contribution in [3.63, 3.8) is 0 Å². The van der Waals surface area contributed by atoms with Crippen molar-refractivity contribution >= 4 is 15.7 Å². The summed E-state index contributed by atoms with van der Waals surface area (Å²) in [7, 11) is -0.371. The van der Waals surface area contributed by atoms with Crippen LogP contribution in [-0.2, 0) is 16.2 Å². The highest BCUT2D eigenvalue weighted by Crippen LogP contribution is 2.30. The lowest BCUT2D eigenvalue weighted by molar-refractivity contribution is -0.137. The van der Waals surface area contributed by atoms with Crippen molar-refractivity contribution in [3.05, 3.63) is 59.7 Å². The van der Waals surface area contributed by atoms with Crippen LogP contribution in [0.2, 0.25) is 0 Å². The standard InChI is InChI=1S/C18H17F3N2O2S/c1-23(2)17-11-4-3-7-14(17)8-6-12-22-26(24,25)16-10-5-9-15(13-16)18(19,20)21/h3-5,7,9-11,13,22H,12H2,1-2H3. The van der Waals surface area contributed by atoms with Crippen molar-refractivity contribution in [1.29, 1.82) is 0 Å². The minimum absolute atomic E-state index is 0.222. The van der Waals surface area contributed by atoms with Crippen LogP contribution >= 0.6 is 0 Å². The first-order valence-electron chi connectivity index (χ1n) is 7.53. The Labute approximate surface area is 150 Å². The van der Waals surface area contributed by atoms with E-state index in [1.54, 1.807) is 6.07 Å². The van der Waals surface area contributed by atoms with Gasteiger partial charge in [0.2, 0.25) is 10.0 Å². The molecule has 0 spiro atoms. The first-order valence-corrected chi connectivity index (χ1v) is 9.02. The van der Waals surface area contributed by atoms with Gasteiger partial charge in [0.25, 0.3) is 0 Å². The normalized spacial score (nSPS) is 11.6. The number of nitrogens with one attached hydrogen (secondary N) is 1. The van der Waals surface area contributed by atoms with E-state index in [1.807, 2.05) is 37.2 Å². The number of halogens is 3. The zero-order valence-corrected chi connectivity index (χ0v) is 14.9. The van der Waals surface area contributed by atoms with E-state index in [0.29, 0.717) is 6.07 Å². The van der Waals surface area contributed by atoms with Gasteiger partial charge in [-0.3, -0.25) is 0 Å². The fourth-order valence-electron chi connectivity index (χ4n) is 2.16. The van der Waals surface area contributed by atoms with Crippen molar-refractivity contribution in [2.45, 2.75) is 11.1 Å². The van der Waals surface area contributed by atoms with Gasteiger partial charge in [0.15, 0.2) is 0 Å². The van der Waals surface area contributed by atoms with E-state index in [2.05, 4.69) is 16.6 Å². The van der Waals surface area contributed by atoms with E-state index in [-0.39, 0.29) is 6.54 Å². The number of alkyl halides is 3. The Kier molecular flexibility index (Phi) is 5.95. The average molecular weight is 382 g/mol. The molecule has 4 nitrogen and oxygen atoms in total. The fraction of sp³-hybridized carbons (Fsp3) is 0.222. The van der Waals surface area contributed by atoms with Gasteiger partial charge < -0.3 is 4.90 Å². The molecule has 0 aliphatic heterocycles. The van der Waals surface area contributed by atoms with Gasteiger partial charge in [0.1, 0.15) is 0 Å². The molecule has 1 N–H and O–H groups in total. The molecule has 0 unspecified atom stereocenters. The van der Waals surface area contributed by atoms with Crippen LogP contribution in [0.5, 0.6) is 0 Å². The third-order valence-corrected chi connectivity index (χ3v) is 4.83. The van der Waals surface area contributed by atoms with Crippen LogP contribution < -0.4 is 9.62 Å². The molecule has 0 fully saturated rings. The zero-order chi connectivity index (χ0) is 19.4. The summed E-state index contributed by atoms with van der Waals surface area (Å²) in [5.41, 5.74) is 0.572. The molecular weight excluding hydrogens is 365 g/mol. The minimum atomic E-state index is -4.61. The molecule has 0 aliphatic carbocycles. The average Bonchev–Trinajstić information content (AvgIpc) is 2.58. The number of anilines is 1. The third-order valence-electron chi connectivity index (χ3n) is 3.43. The van der Waals surface area contributed by atoms with Gasteiger partial charge >= 0.3 is 6.18 Å². The maximum absolute atomic E-state index is 12.7. The topological polar surface area (TPSA) is 49.4 Å². The van der Waals surface area contributed by atoms with Gasteiger partial charge in [0, 0.05) is 19.7 Å². The second-order valence-corrected chi connectivity index (χ2v) is 7.33. The van der Waals surface area contributed by atoms with Crippen LogP contribution in [-0.4, -0.2) is 29.1 Å². The Morgan fingerprint density at radius 3 is 2.42 bits per heavy atom. The monoisotopic (exact) mass is 382 g/mol. The van der Waals surface area contributed by atoms with E-state index in [9.17, 15) is 21.6 Å². The lowest BCUT2D eigenvalue weighted by Gasteiger charge is -2.13. The molecule has 0 amide bonds. The molecule has 0 bridgehead atoms. The van der Waals surface area contributed by atoms with Gasteiger partial charge in [-0.05, 0) is 30.3 Å². The maximum Gasteiger partial charge on any atom is 0.416 e. The maximum atomic E-state index is 12.7. The molecule has 0 atom stereocenters. The summed E-state index contributed by atoms with van der Waals surface area (Å²) in [6.07, 6.45) is -4.61. The van der Waals surface area contributed by atoms with Crippen LogP contribution in [0.1, 0.15) is 11.1 Å². The molecule has 0 aliphatic rings. The Morgan fingerprint density at radius 2 is 1.77 bits per heavy atom. The molecule has 0 aromatic heterocycles. The molecule has 138 valence electrons. The summed E-state index contributed by atoms with van der Waals surface area (Å²) in [4.78, 5) is 1.42. The predicted molar refractivity (Wildman–Crippen MR) is 94.3 cm³/mol. The molecule has 2 aromatic rings. The smallest absolute Gasteiger partial charge is 0.377 e. The van der Waals surface area contributed by atoms with Gasteiger partial charge in [-0.2, -0.15) is 17.9 Å². The van der Waals surface area contributed by atoms with E-state index in [0.717, 1.165) is 29.4 Å². The lowest BCUT2D eigenvalue weighted by atomic mass is 10.1. The Balaban J connectivity index is 2.14. The summed E-state index contributed by atoms with van der Waals surface area (Å²) < 4.78 is 64.6. The molecule has 0 heterocycles. The summed E-state index contributed by atoms with van der Waals surface area (Å²) in [6.45, 7) is -0.222. The van der Waals surface area contributed by atoms with E-state index in [4.69, 9.17) is 0 Å². The molecule has 0 saturated carbocycles. The van der Waals surface area contributed by atoms with Crippen molar-refractivity contribution in [3.8, 4) is 11.8 Å². The van der Waals surface area contributed by atoms with Gasteiger partial charge in [-0.25, -0.2) is 8.42 Å². The summed E-state index contributed by atoms with van der Waals surface area (Å²) in [5, 5.41) is 0. The fourth-order valence-corrected chi connectivity index (χ4v) is 3.13. The Hall–Kier alpha value is -2.50. The van der Waals surface area contributed by atoms with Crippen LogP contribution in [0.25, 0.3) is 0 Å². The third kappa shape index (κ3) is 5.00. The van der Waals surface area contributed by atoms with Crippen molar-refractivity contribution in [2.75, 3.05) is 25.5 Å². The summed E-state index contributed by atoms with van der Waals surface area (Å²) in [5.74, 6) is 5.53. The number of hydrogen-bond acceptors (Lipinski definition) is 3. The highest BCUT2D eigenvalue weighted by atomic mass is 32.2. The molecule has 0 saturated heterocycles. The zero-order valence-electron chi connectivity index (χ0n) is 14.1. The highest BCUT2D eigenvalue weighted by molar-refractivity contribution is 7.89. The predicted octanol–water partition coefficient (Wildman–Crippen LogP) is 3.10. The summed E-state index contributed by atoms with van der Waals surface area (Å²) in [6, 6.07) is 10.9. The van der Waals surface area contributed by atoms with Crippen LogP contribution in [0, 0.1) is 11.8 Å². The number of hydrogen-bond donors (Lipinski definition) is 1. The van der Waals surface area contributed by atoms with E-state index >= 15 is 0 Å². The number of rotatable bonds is 4. The lowest BCUT2D eigenvalue weighted by Crippen LogP contribution is -2.24. The van der Waals surface area contributed by atoms with Crippen LogP contribution in [0.3, 0.4) is 0 Å². The first-order chi connectivity index (χ1) is 12.1. The number of sulfonamides is 1. The van der Waals surface area contributed by atoms with Crippen molar-refractivity contribution < 1.29 is 21.6 Å². The van der Waals surface area contributed by atoms with Crippen molar-refractivity contribution in [1.82, 2.24) is 4.72 Å². The quantitative estimate of drug-likeness (QED) is 0.827. The highest BCUT2D eigenvalue weighted by Gasteiger charge is 2.31. The SMILES string of the molecule is CN(C)c1ccccc1C#CCNS(=O)(=O)c1cccc(C(F)(F)F)c1. The van der Waals surface area contributed by atoms with Crippen LogP contribution in [0.4, 0.5) is 18.9 Å². The van der Waals surface area contributed by atoms with Crippen LogP contribution in [0.15, 0.2) is 53.4 Å². The Morgan fingerprint density at radius 1 is 1.08 bits per heavy atom. The molecular formula is C18H17F3N2O2S. The summed E-state index contributed by atoms with van der Waals surface area (Å²) >= 11 is 0. The van der Waals surface area contributed by atoms with Gasteiger partial charge in [0.05, 0.1) is 22.7 Å². The molecule has 0 radical (unpaired) electrons. The number of para-hydroxylation sites is 1. The van der Waals surface area contributed by atoms with Gasteiger partial charge in [-0.15, -0.1) is 0 Å².